The number of benzene rings is 3. The van der Waals surface area contributed by atoms with Crippen LogP contribution in [0.2, 0.25) is 0 Å². The zero-order chi connectivity index (χ0) is 30.0. The molecule has 2 amide bonds. The molecule has 3 aromatic carbocycles. The Morgan fingerprint density at radius 2 is 1.76 bits per heavy atom. The van der Waals surface area contributed by atoms with E-state index in [1.807, 2.05) is 49.4 Å². The van der Waals surface area contributed by atoms with Crippen LogP contribution in [0.5, 0.6) is 0 Å². The van der Waals surface area contributed by atoms with Gasteiger partial charge in [0.2, 0.25) is 11.8 Å². The second-order valence-corrected chi connectivity index (χ2v) is 11.2. The number of hydrogen-bond acceptors (Lipinski definition) is 5. The molecule has 1 aliphatic heterocycles. The van der Waals surface area contributed by atoms with Crippen LogP contribution in [0.15, 0.2) is 78.0 Å². The van der Waals surface area contributed by atoms with Crippen molar-refractivity contribution in [2.45, 2.75) is 45.7 Å². The Hall–Kier alpha value is -4.25. The van der Waals surface area contributed by atoms with Gasteiger partial charge < -0.3 is 0 Å². The molecular formula is C31H28F3N5O2S. The molecule has 0 spiro atoms. The Kier molecular flexibility index (Phi) is 8.31. The first-order valence-electron chi connectivity index (χ1n) is 13.4. The van der Waals surface area contributed by atoms with Gasteiger partial charge in [-0.05, 0) is 66.3 Å². The minimum Gasteiger partial charge on any atom is -0.273 e. The fourth-order valence-electron chi connectivity index (χ4n) is 4.57. The SMILES string of the molecule is Cc1ccc(C(C)C)c(N2C(=O)CSC2=NC(=O)CCc2ccc(-c3ncn(-c4ccc(C(F)(F)F)cc4)n3)cc2)c1. The summed E-state index contributed by atoms with van der Waals surface area (Å²) in [5.74, 6) is 0.458. The first kappa shape index (κ1) is 29.2. The summed E-state index contributed by atoms with van der Waals surface area (Å²) in [5.41, 5.74) is 4.20. The van der Waals surface area contributed by atoms with E-state index in [-0.39, 0.29) is 29.9 Å². The van der Waals surface area contributed by atoms with Crippen LogP contribution in [0.25, 0.3) is 17.1 Å². The number of carbonyl (C=O) groups is 2. The molecule has 0 saturated carbocycles. The normalized spacial score (nSPS) is 14.8. The van der Waals surface area contributed by atoms with Crippen molar-refractivity contribution in [2.75, 3.05) is 10.7 Å². The van der Waals surface area contributed by atoms with Gasteiger partial charge in [-0.2, -0.15) is 18.2 Å². The smallest absolute Gasteiger partial charge is 0.273 e. The molecule has 42 heavy (non-hydrogen) atoms. The van der Waals surface area contributed by atoms with Gasteiger partial charge in [-0.25, -0.2) is 9.67 Å². The van der Waals surface area contributed by atoms with Crippen molar-refractivity contribution >= 4 is 34.4 Å². The number of alkyl halides is 3. The van der Waals surface area contributed by atoms with Crippen molar-refractivity contribution in [3.05, 3.63) is 95.3 Å². The van der Waals surface area contributed by atoms with E-state index in [2.05, 4.69) is 28.9 Å². The number of hydrogen-bond donors (Lipinski definition) is 0. The molecule has 1 saturated heterocycles. The van der Waals surface area contributed by atoms with Crippen LogP contribution < -0.4 is 4.90 Å². The highest BCUT2D eigenvalue weighted by Crippen LogP contribution is 2.34. The Morgan fingerprint density at radius 3 is 2.43 bits per heavy atom. The number of aromatic nitrogens is 3. The average molecular weight is 592 g/mol. The monoisotopic (exact) mass is 591 g/mol. The summed E-state index contributed by atoms with van der Waals surface area (Å²) in [6.07, 6.45) is -2.32. The van der Waals surface area contributed by atoms with E-state index in [0.29, 0.717) is 23.1 Å². The third kappa shape index (κ3) is 6.46. The predicted octanol–water partition coefficient (Wildman–Crippen LogP) is 6.98. The number of aryl methyl sites for hydroxylation is 2. The van der Waals surface area contributed by atoms with Crippen LogP contribution >= 0.6 is 11.8 Å². The molecule has 0 atom stereocenters. The molecular weight excluding hydrogens is 563 g/mol. The first-order chi connectivity index (χ1) is 20.0. The summed E-state index contributed by atoms with van der Waals surface area (Å²) < 4.78 is 39.9. The summed E-state index contributed by atoms with van der Waals surface area (Å²) in [6.45, 7) is 6.10. The number of thioether (sulfide) groups is 1. The number of nitrogens with zero attached hydrogens (tertiary/aromatic N) is 5. The average Bonchev–Trinajstić information content (AvgIpc) is 3.59. The number of carbonyl (C=O) groups excluding carboxylic acids is 2. The zero-order valence-electron chi connectivity index (χ0n) is 23.2. The van der Waals surface area contributed by atoms with Crippen LogP contribution in [-0.4, -0.2) is 37.5 Å². The molecule has 4 aromatic rings. The standard InChI is InChI=1S/C31H28F3N5O2S/c1-19(2)25-14-4-20(3)16-26(25)39-28(41)17-42-30(39)36-27(40)15-7-21-5-8-22(9-6-21)29-35-18-38(37-29)24-12-10-23(11-13-24)31(32,33)34/h4-6,8-14,16,18-19H,7,15,17H2,1-3H3. The highest BCUT2D eigenvalue weighted by Gasteiger charge is 2.32. The summed E-state index contributed by atoms with van der Waals surface area (Å²) in [5, 5.41) is 4.79. The van der Waals surface area contributed by atoms with Gasteiger partial charge in [0.1, 0.15) is 6.33 Å². The molecule has 2 heterocycles. The van der Waals surface area contributed by atoms with Crippen LogP contribution in [0.1, 0.15) is 48.4 Å². The Bertz CT molecular complexity index is 1640. The fourth-order valence-corrected chi connectivity index (χ4v) is 5.45. The number of halogens is 3. The molecule has 1 fully saturated rings. The van der Waals surface area contributed by atoms with E-state index in [9.17, 15) is 22.8 Å². The molecule has 11 heteroatoms. The lowest BCUT2D eigenvalue weighted by molar-refractivity contribution is -0.137. The number of aliphatic imine (C=N–C) groups is 1. The molecule has 216 valence electrons. The Balaban J connectivity index is 1.23. The minimum absolute atomic E-state index is 0.0935. The van der Waals surface area contributed by atoms with Crippen molar-refractivity contribution in [3.63, 3.8) is 0 Å². The number of anilines is 1. The maximum Gasteiger partial charge on any atom is 0.416 e. The fraction of sp³-hybridized carbons (Fsp3) is 0.258. The van der Waals surface area contributed by atoms with E-state index < -0.39 is 11.7 Å². The Morgan fingerprint density at radius 1 is 1.05 bits per heavy atom. The molecule has 1 aliphatic rings. The summed E-state index contributed by atoms with van der Waals surface area (Å²) >= 11 is 1.27. The van der Waals surface area contributed by atoms with E-state index in [1.54, 1.807) is 4.90 Å². The molecule has 0 radical (unpaired) electrons. The van der Waals surface area contributed by atoms with E-state index in [4.69, 9.17) is 0 Å². The highest BCUT2D eigenvalue weighted by atomic mass is 32.2. The second kappa shape index (κ2) is 11.9. The van der Waals surface area contributed by atoms with E-state index in [1.165, 1.54) is 34.9 Å². The second-order valence-electron chi connectivity index (χ2n) is 10.3. The third-order valence-electron chi connectivity index (χ3n) is 6.83. The zero-order valence-corrected chi connectivity index (χ0v) is 24.0. The molecule has 7 nitrogen and oxygen atoms in total. The summed E-state index contributed by atoms with van der Waals surface area (Å²) in [4.78, 5) is 35.7. The summed E-state index contributed by atoms with van der Waals surface area (Å²) in [7, 11) is 0. The third-order valence-corrected chi connectivity index (χ3v) is 7.75. The van der Waals surface area contributed by atoms with E-state index in [0.717, 1.165) is 40.1 Å². The van der Waals surface area contributed by atoms with Crippen LogP contribution in [-0.2, 0) is 22.2 Å². The number of rotatable bonds is 7. The predicted molar refractivity (Wildman–Crippen MR) is 158 cm³/mol. The lowest BCUT2D eigenvalue weighted by atomic mass is 9.99. The molecule has 0 bridgehead atoms. The van der Waals surface area contributed by atoms with Crippen molar-refractivity contribution in [2.24, 2.45) is 4.99 Å². The maximum atomic E-state index is 12.8. The van der Waals surface area contributed by atoms with E-state index >= 15 is 0 Å². The van der Waals surface area contributed by atoms with Gasteiger partial charge in [0, 0.05) is 12.0 Å². The van der Waals surface area contributed by atoms with Gasteiger partial charge in [0.15, 0.2) is 11.0 Å². The van der Waals surface area contributed by atoms with Crippen LogP contribution in [0, 0.1) is 6.92 Å². The van der Waals surface area contributed by atoms with Crippen LogP contribution in [0.4, 0.5) is 18.9 Å². The number of amides is 2. The quantitative estimate of drug-likeness (QED) is 0.232. The lowest BCUT2D eigenvalue weighted by Gasteiger charge is -2.22. The molecule has 0 N–H and O–H groups in total. The van der Waals surface area contributed by atoms with Crippen molar-refractivity contribution in [3.8, 4) is 17.1 Å². The van der Waals surface area contributed by atoms with Gasteiger partial charge >= 0.3 is 6.18 Å². The lowest BCUT2D eigenvalue weighted by Crippen LogP contribution is -2.31. The van der Waals surface area contributed by atoms with Crippen LogP contribution in [0.3, 0.4) is 0 Å². The van der Waals surface area contributed by atoms with Crippen molar-refractivity contribution in [1.29, 1.82) is 0 Å². The Labute approximate surface area is 245 Å². The minimum atomic E-state index is -4.40. The first-order valence-corrected chi connectivity index (χ1v) is 14.3. The molecule has 5 rings (SSSR count). The topological polar surface area (TPSA) is 80.5 Å². The van der Waals surface area contributed by atoms with Gasteiger partial charge in [-0.1, -0.05) is 62.0 Å². The van der Waals surface area contributed by atoms with Gasteiger partial charge in [-0.3, -0.25) is 14.5 Å². The molecule has 0 aliphatic carbocycles. The van der Waals surface area contributed by atoms with Crippen molar-refractivity contribution in [1.82, 2.24) is 14.8 Å². The largest absolute Gasteiger partial charge is 0.416 e. The van der Waals surface area contributed by atoms with Gasteiger partial charge in [0.25, 0.3) is 0 Å². The van der Waals surface area contributed by atoms with Gasteiger partial charge in [-0.15, -0.1) is 5.10 Å². The maximum absolute atomic E-state index is 12.8. The van der Waals surface area contributed by atoms with Crippen molar-refractivity contribution < 1.29 is 22.8 Å². The van der Waals surface area contributed by atoms with Gasteiger partial charge in [0.05, 0.1) is 22.7 Å². The number of amidine groups is 1. The molecule has 0 unspecified atom stereocenters. The highest BCUT2D eigenvalue weighted by molar-refractivity contribution is 8.15. The molecule has 1 aromatic heterocycles. The summed E-state index contributed by atoms with van der Waals surface area (Å²) in [6, 6.07) is 18.1.